The SMILES string of the molecule is CC1(C)CCN(CC(C#N)C(F)(F)F)CC1. The van der Waals surface area contributed by atoms with Crippen molar-refractivity contribution in [1.29, 1.82) is 5.26 Å². The van der Waals surface area contributed by atoms with Crippen LogP contribution in [0.1, 0.15) is 26.7 Å². The topological polar surface area (TPSA) is 27.0 Å². The lowest BCUT2D eigenvalue weighted by Gasteiger charge is -2.37. The van der Waals surface area contributed by atoms with Crippen molar-refractivity contribution < 1.29 is 13.2 Å². The summed E-state index contributed by atoms with van der Waals surface area (Å²) in [6.07, 6.45) is -2.62. The average molecular weight is 234 g/mol. The molecule has 92 valence electrons. The van der Waals surface area contributed by atoms with Gasteiger partial charge < -0.3 is 4.90 Å². The molecule has 1 rings (SSSR count). The minimum atomic E-state index is -4.40. The fraction of sp³-hybridized carbons (Fsp3) is 0.909. The van der Waals surface area contributed by atoms with E-state index in [0.29, 0.717) is 13.1 Å². The number of alkyl halides is 3. The summed E-state index contributed by atoms with van der Waals surface area (Å²) < 4.78 is 37.1. The van der Waals surface area contributed by atoms with E-state index in [1.54, 1.807) is 4.90 Å². The summed E-state index contributed by atoms with van der Waals surface area (Å²) in [5.74, 6) is -1.85. The molecule has 0 aromatic rings. The zero-order valence-corrected chi connectivity index (χ0v) is 9.64. The number of likely N-dealkylation sites (tertiary alicyclic amines) is 1. The van der Waals surface area contributed by atoms with Crippen molar-refractivity contribution in [1.82, 2.24) is 4.90 Å². The van der Waals surface area contributed by atoms with Gasteiger partial charge in [-0.25, -0.2) is 0 Å². The van der Waals surface area contributed by atoms with Crippen molar-refractivity contribution in [3.63, 3.8) is 0 Å². The van der Waals surface area contributed by atoms with Gasteiger partial charge in [0.2, 0.25) is 0 Å². The molecule has 0 saturated carbocycles. The summed E-state index contributed by atoms with van der Waals surface area (Å²) in [6.45, 7) is 5.37. The molecule has 0 bridgehead atoms. The predicted molar refractivity (Wildman–Crippen MR) is 54.6 cm³/mol. The number of hydrogen-bond donors (Lipinski definition) is 0. The van der Waals surface area contributed by atoms with Crippen LogP contribution in [0.5, 0.6) is 0 Å². The lowest BCUT2D eigenvalue weighted by Crippen LogP contribution is -2.42. The molecule has 1 saturated heterocycles. The molecule has 0 radical (unpaired) electrons. The third-order valence-electron chi connectivity index (χ3n) is 3.20. The summed E-state index contributed by atoms with van der Waals surface area (Å²) >= 11 is 0. The molecule has 1 unspecified atom stereocenters. The molecule has 1 atom stereocenters. The summed E-state index contributed by atoms with van der Waals surface area (Å²) in [7, 11) is 0. The first-order valence-electron chi connectivity index (χ1n) is 5.43. The lowest BCUT2D eigenvalue weighted by atomic mass is 9.82. The normalized spacial score (nSPS) is 23.8. The maximum Gasteiger partial charge on any atom is 0.405 e. The Kier molecular flexibility index (Phi) is 3.84. The van der Waals surface area contributed by atoms with Crippen LogP contribution >= 0.6 is 0 Å². The highest BCUT2D eigenvalue weighted by molar-refractivity contribution is 4.92. The van der Waals surface area contributed by atoms with Crippen molar-refractivity contribution >= 4 is 0 Å². The summed E-state index contributed by atoms with van der Waals surface area (Å²) in [6, 6.07) is 1.34. The van der Waals surface area contributed by atoms with Gasteiger partial charge in [0.25, 0.3) is 0 Å². The van der Waals surface area contributed by atoms with E-state index in [-0.39, 0.29) is 12.0 Å². The van der Waals surface area contributed by atoms with Crippen molar-refractivity contribution in [2.75, 3.05) is 19.6 Å². The smallest absolute Gasteiger partial charge is 0.302 e. The van der Waals surface area contributed by atoms with Crippen molar-refractivity contribution in [2.24, 2.45) is 11.3 Å². The predicted octanol–water partition coefficient (Wildman–Crippen LogP) is 2.81. The largest absolute Gasteiger partial charge is 0.405 e. The van der Waals surface area contributed by atoms with E-state index < -0.39 is 12.1 Å². The fourth-order valence-electron chi connectivity index (χ4n) is 1.82. The second-order valence-corrected chi connectivity index (χ2v) is 5.19. The number of halogens is 3. The monoisotopic (exact) mass is 234 g/mol. The van der Waals surface area contributed by atoms with Crippen LogP contribution in [0.15, 0.2) is 0 Å². The van der Waals surface area contributed by atoms with Crippen molar-refractivity contribution in [2.45, 2.75) is 32.9 Å². The number of nitrogens with zero attached hydrogens (tertiary/aromatic N) is 2. The number of hydrogen-bond acceptors (Lipinski definition) is 2. The molecular weight excluding hydrogens is 217 g/mol. The first kappa shape index (κ1) is 13.3. The maximum atomic E-state index is 12.4. The second kappa shape index (κ2) is 4.62. The van der Waals surface area contributed by atoms with Crippen LogP contribution in [0.4, 0.5) is 13.2 Å². The van der Waals surface area contributed by atoms with E-state index in [9.17, 15) is 13.2 Å². The van der Waals surface area contributed by atoms with Crippen LogP contribution < -0.4 is 0 Å². The highest BCUT2D eigenvalue weighted by Gasteiger charge is 2.41. The highest BCUT2D eigenvalue weighted by atomic mass is 19.4. The Bertz CT molecular complexity index is 268. The summed E-state index contributed by atoms with van der Waals surface area (Å²) in [5.41, 5.74) is 0.219. The van der Waals surface area contributed by atoms with Gasteiger partial charge in [0.05, 0.1) is 6.07 Å². The van der Waals surface area contributed by atoms with Gasteiger partial charge in [0, 0.05) is 6.54 Å². The van der Waals surface area contributed by atoms with Crippen LogP contribution in [-0.2, 0) is 0 Å². The zero-order chi connectivity index (χ0) is 12.4. The van der Waals surface area contributed by atoms with Gasteiger partial charge in [-0.15, -0.1) is 0 Å². The van der Waals surface area contributed by atoms with Gasteiger partial charge in [-0.1, -0.05) is 13.8 Å². The maximum absolute atomic E-state index is 12.4. The van der Waals surface area contributed by atoms with Gasteiger partial charge in [0.1, 0.15) is 0 Å². The Morgan fingerprint density at radius 3 is 2.19 bits per heavy atom. The van der Waals surface area contributed by atoms with E-state index in [0.717, 1.165) is 12.8 Å². The van der Waals surface area contributed by atoms with Crippen LogP contribution in [-0.4, -0.2) is 30.7 Å². The Labute approximate surface area is 94.0 Å². The standard InChI is InChI=1S/C11H17F3N2/c1-10(2)3-5-16(6-4-10)8-9(7-15)11(12,13)14/h9H,3-6,8H2,1-2H3. The second-order valence-electron chi connectivity index (χ2n) is 5.19. The highest BCUT2D eigenvalue weighted by Crippen LogP contribution is 2.32. The van der Waals surface area contributed by atoms with E-state index >= 15 is 0 Å². The fourth-order valence-corrected chi connectivity index (χ4v) is 1.82. The Hall–Kier alpha value is -0.760. The molecule has 0 aromatic heterocycles. The average Bonchev–Trinajstić information content (AvgIpc) is 2.14. The quantitative estimate of drug-likeness (QED) is 0.734. The molecule has 0 aliphatic carbocycles. The molecule has 0 aromatic carbocycles. The summed E-state index contributed by atoms with van der Waals surface area (Å²) in [4.78, 5) is 1.74. The minimum absolute atomic E-state index is 0.184. The Morgan fingerprint density at radius 2 is 1.81 bits per heavy atom. The van der Waals surface area contributed by atoms with E-state index in [1.807, 2.05) is 0 Å². The summed E-state index contributed by atoms with van der Waals surface area (Å²) in [5, 5.41) is 8.50. The molecule has 0 N–H and O–H groups in total. The minimum Gasteiger partial charge on any atom is -0.302 e. The van der Waals surface area contributed by atoms with Crippen molar-refractivity contribution in [3.05, 3.63) is 0 Å². The van der Waals surface area contributed by atoms with Crippen LogP contribution in [0.25, 0.3) is 0 Å². The van der Waals surface area contributed by atoms with Gasteiger partial charge in [-0.3, -0.25) is 0 Å². The van der Waals surface area contributed by atoms with E-state index in [4.69, 9.17) is 5.26 Å². The molecule has 0 spiro atoms. The lowest BCUT2D eigenvalue weighted by molar-refractivity contribution is -0.164. The zero-order valence-electron chi connectivity index (χ0n) is 9.64. The molecular formula is C11H17F3N2. The molecule has 5 heteroatoms. The van der Waals surface area contributed by atoms with Gasteiger partial charge >= 0.3 is 6.18 Å². The van der Waals surface area contributed by atoms with Gasteiger partial charge in [-0.05, 0) is 31.3 Å². The molecule has 1 aliphatic heterocycles. The van der Waals surface area contributed by atoms with Crippen LogP contribution in [0, 0.1) is 22.7 Å². The van der Waals surface area contributed by atoms with E-state index in [1.165, 1.54) is 6.07 Å². The molecule has 1 heterocycles. The van der Waals surface area contributed by atoms with Crippen LogP contribution in [0.3, 0.4) is 0 Å². The first-order valence-corrected chi connectivity index (χ1v) is 5.43. The first-order chi connectivity index (χ1) is 7.24. The number of piperidine rings is 1. The van der Waals surface area contributed by atoms with E-state index in [2.05, 4.69) is 13.8 Å². The molecule has 2 nitrogen and oxygen atoms in total. The molecule has 0 amide bonds. The van der Waals surface area contributed by atoms with Gasteiger partial charge in [-0.2, -0.15) is 18.4 Å². The van der Waals surface area contributed by atoms with Crippen LogP contribution in [0.2, 0.25) is 0 Å². The van der Waals surface area contributed by atoms with Gasteiger partial charge in [0.15, 0.2) is 5.92 Å². The Morgan fingerprint density at radius 1 is 1.31 bits per heavy atom. The molecule has 1 aliphatic rings. The Balaban J connectivity index is 2.48. The molecule has 16 heavy (non-hydrogen) atoms. The number of rotatable bonds is 2. The third kappa shape index (κ3) is 3.67. The van der Waals surface area contributed by atoms with Crippen molar-refractivity contribution in [3.8, 4) is 6.07 Å². The molecule has 1 fully saturated rings. The third-order valence-corrected chi connectivity index (χ3v) is 3.20. The number of nitriles is 1.